The van der Waals surface area contributed by atoms with Crippen molar-refractivity contribution in [3.05, 3.63) is 77.3 Å². The van der Waals surface area contributed by atoms with E-state index in [4.69, 9.17) is 5.73 Å². The molecular formula is C22H17BrN6. The van der Waals surface area contributed by atoms with Crippen molar-refractivity contribution >= 4 is 44.2 Å². The molecule has 6 nitrogen and oxygen atoms in total. The minimum atomic E-state index is 0.611. The summed E-state index contributed by atoms with van der Waals surface area (Å²) in [6.07, 6.45) is 0. The van der Waals surface area contributed by atoms with Crippen molar-refractivity contribution in [2.75, 3.05) is 11.1 Å². The summed E-state index contributed by atoms with van der Waals surface area (Å²) in [6, 6.07) is 23.7. The highest BCUT2D eigenvalue weighted by atomic mass is 79.9. The van der Waals surface area contributed by atoms with E-state index in [2.05, 4.69) is 41.4 Å². The van der Waals surface area contributed by atoms with Gasteiger partial charge in [-0.25, -0.2) is 4.98 Å². The van der Waals surface area contributed by atoms with Crippen molar-refractivity contribution in [2.45, 2.75) is 0 Å². The number of para-hydroxylation sites is 3. The molecule has 0 saturated carbocycles. The Labute approximate surface area is 175 Å². The van der Waals surface area contributed by atoms with Crippen LogP contribution in [0.4, 0.5) is 17.2 Å². The van der Waals surface area contributed by atoms with E-state index >= 15 is 0 Å². The highest BCUT2D eigenvalue weighted by Gasteiger charge is 2.12. The fourth-order valence-corrected chi connectivity index (χ4v) is 3.53. The number of aromatic nitrogens is 4. The van der Waals surface area contributed by atoms with Crippen LogP contribution in [0, 0.1) is 0 Å². The highest BCUT2D eigenvalue weighted by Crippen LogP contribution is 2.33. The molecule has 0 aliphatic carbocycles. The van der Waals surface area contributed by atoms with Crippen LogP contribution in [0.2, 0.25) is 0 Å². The van der Waals surface area contributed by atoms with E-state index in [0.29, 0.717) is 11.5 Å². The minimum absolute atomic E-state index is 0.611. The number of anilines is 3. The summed E-state index contributed by atoms with van der Waals surface area (Å²) in [6.45, 7) is 0. The Morgan fingerprint density at radius 2 is 1.76 bits per heavy atom. The Balaban J connectivity index is 1.45. The fourth-order valence-electron chi connectivity index (χ4n) is 3.26. The lowest BCUT2D eigenvalue weighted by Crippen LogP contribution is -1.99. The lowest BCUT2D eigenvalue weighted by molar-refractivity contribution is 1.10. The van der Waals surface area contributed by atoms with Crippen molar-refractivity contribution in [1.29, 1.82) is 0 Å². The smallest absolute Gasteiger partial charge is 0.152 e. The Bertz CT molecular complexity index is 1270. The number of nitrogen functional groups attached to an aromatic ring is 1. The lowest BCUT2D eigenvalue weighted by Gasteiger charge is -2.10. The van der Waals surface area contributed by atoms with Crippen LogP contribution in [0.15, 0.2) is 77.3 Å². The first kappa shape index (κ1) is 17.5. The molecule has 3 aromatic carbocycles. The third-order valence-corrected chi connectivity index (χ3v) is 5.28. The quantitative estimate of drug-likeness (QED) is 0.267. The van der Waals surface area contributed by atoms with Gasteiger partial charge in [-0.1, -0.05) is 46.3 Å². The number of nitrogens with zero attached hydrogens (tertiary/aromatic N) is 2. The number of hydrogen-bond donors (Lipinski definition) is 4. The first-order valence-electron chi connectivity index (χ1n) is 9.09. The van der Waals surface area contributed by atoms with Crippen LogP contribution in [0.5, 0.6) is 0 Å². The van der Waals surface area contributed by atoms with Gasteiger partial charge in [0, 0.05) is 16.1 Å². The number of benzene rings is 3. The molecule has 5 rings (SSSR count). The molecule has 0 radical (unpaired) electrons. The SMILES string of the molecule is Nc1c(Nc2cc(-c3ccc(Br)cc3)[nH]n2)cccc1-c1nc2ccccc2[nH]1. The van der Waals surface area contributed by atoms with Gasteiger partial charge in [0.15, 0.2) is 5.82 Å². The third kappa shape index (κ3) is 3.36. The van der Waals surface area contributed by atoms with E-state index in [-0.39, 0.29) is 0 Å². The van der Waals surface area contributed by atoms with Gasteiger partial charge in [-0.2, -0.15) is 5.10 Å². The summed E-state index contributed by atoms with van der Waals surface area (Å²) in [7, 11) is 0. The van der Waals surface area contributed by atoms with E-state index in [1.54, 1.807) is 0 Å². The predicted octanol–water partition coefficient (Wildman–Crippen LogP) is 5.71. The average molecular weight is 445 g/mol. The number of imidazole rings is 1. The maximum absolute atomic E-state index is 6.45. The molecule has 7 heteroatoms. The predicted molar refractivity (Wildman–Crippen MR) is 121 cm³/mol. The molecule has 0 atom stereocenters. The molecule has 0 aliphatic rings. The molecule has 0 saturated heterocycles. The first-order valence-corrected chi connectivity index (χ1v) is 9.89. The van der Waals surface area contributed by atoms with Gasteiger partial charge < -0.3 is 16.0 Å². The largest absolute Gasteiger partial charge is 0.396 e. The monoisotopic (exact) mass is 444 g/mol. The number of rotatable bonds is 4. The van der Waals surface area contributed by atoms with E-state index in [1.165, 1.54) is 0 Å². The van der Waals surface area contributed by atoms with Crippen LogP contribution < -0.4 is 11.1 Å². The molecule has 142 valence electrons. The summed E-state index contributed by atoms with van der Waals surface area (Å²) in [5, 5.41) is 10.7. The number of aromatic amines is 2. The molecule has 29 heavy (non-hydrogen) atoms. The first-order chi connectivity index (χ1) is 14.2. The van der Waals surface area contributed by atoms with E-state index in [0.717, 1.165) is 43.8 Å². The topological polar surface area (TPSA) is 95.4 Å². The third-order valence-electron chi connectivity index (χ3n) is 4.75. The van der Waals surface area contributed by atoms with Crippen LogP contribution in [0.1, 0.15) is 0 Å². The maximum Gasteiger partial charge on any atom is 0.152 e. The van der Waals surface area contributed by atoms with E-state index in [9.17, 15) is 0 Å². The second kappa shape index (κ2) is 7.10. The Morgan fingerprint density at radius 3 is 2.59 bits per heavy atom. The van der Waals surface area contributed by atoms with Crippen molar-refractivity contribution in [2.24, 2.45) is 0 Å². The van der Waals surface area contributed by atoms with Gasteiger partial charge >= 0.3 is 0 Å². The average Bonchev–Trinajstić information content (AvgIpc) is 3.37. The molecule has 5 aromatic rings. The van der Waals surface area contributed by atoms with Crippen LogP contribution in [0.3, 0.4) is 0 Å². The number of nitrogens with one attached hydrogen (secondary N) is 3. The molecule has 0 aliphatic heterocycles. The normalized spacial score (nSPS) is 11.1. The molecule has 0 bridgehead atoms. The molecule has 5 N–H and O–H groups in total. The standard InChI is InChI=1S/C22H17BrN6/c23-14-10-8-13(9-11-14)19-12-20(29-28-19)25-18-7-3-4-15(21(18)24)22-26-16-5-1-2-6-17(16)27-22/h1-12H,24H2,(H,26,27)(H2,25,28,29). The van der Waals surface area contributed by atoms with Gasteiger partial charge in [0.25, 0.3) is 0 Å². The second-order valence-electron chi connectivity index (χ2n) is 6.67. The second-order valence-corrected chi connectivity index (χ2v) is 7.58. The van der Waals surface area contributed by atoms with Crippen LogP contribution >= 0.6 is 15.9 Å². The number of halogens is 1. The summed E-state index contributed by atoms with van der Waals surface area (Å²) < 4.78 is 1.04. The summed E-state index contributed by atoms with van der Waals surface area (Å²) in [5.41, 5.74) is 12.5. The van der Waals surface area contributed by atoms with Gasteiger partial charge in [-0.3, -0.25) is 5.10 Å². The van der Waals surface area contributed by atoms with Gasteiger partial charge in [0.1, 0.15) is 5.82 Å². The van der Waals surface area contributed by atoms with Crippen LogP contribution in [-0.2, 0) is 0 Å². The van der Waals surface area contributed by atoms with Gasteiger partial charge in [-0.15, -0.1) is 0 Å². The van der Waals surface area contributed by atoms with Gasteiger partial charge in [0.05, 0.1) is 28.1 Å². The Kier molecular flexibility index (Phi) is 4.29. The highest BCUT2D eigenvalue weighted by molar-refractivity contribution is 9.10. The van der Waals surface area contributed by atoms with Crippen molar-refractivity contribution in [1.82, 2.24) is 20.2 Å². The molecular weight excluding hydrogens is 428 g/mol. The summed E-state index contributed by atoms with van der Waals surface area (Å²) >= 11 is 3.45. The number of fused-ring (bicyclic) bond motifs is 1. The molecule has 0 spiro atoms. The number of H-pyrrole nitrogens is 2. The van der Waals surface area contributed by atoms with Gasteiger partial charge in [-0.05, 0) is 42.0 Å². The fraction of sp³-hybridized carbons (Fsp3) is 0. The zero-order valence-electron chi connectivity index (χ0n) is 15.3. The Hall–Kier alpha value is -3.58. The van der Waals surface area contributed by atoms with E-state index < -0.39 is 0 Å². The van der Waals surface area contributed by atoms with Crippen LogP contribution in [0.25, 0.3) is 33.7 Å². The molecule has 2 aromatic heterocycles. The van der Waals surface area contributed by atoms with Crippen molar-refractivity contribution in [3.8, 4) is 22.6 Å². The molecule has 2 heterocycles. The lowest BCUT2D eigenvalue weighted by atomic mass is 10.1. The van der Waals surface area contributed by atoms with Crippen molar-refractivity contribution in [3.63, 3.8) is 0 Å². The van der Waals surface area contributed by atoms with Crippen molar-refractivity contribution < 1.29 is 0 Å². The van der Waals surface area contributed by atoms with Crippen LogP contribution in [-0.4, -0.2) is 20.2 Å². The Morgan fingerprint density at radius 1 is 0.931 bits per heavy atom. The minimum Gasteiger partial charge on any atom is -0.396 e. The van der Waals surface area contributed by atoms with E-state index in [1.807, 2.05) is 72.8 Å². The van der Waals surface area contributed by atoms with Gasteiger partial charge in [0.2, 0.25) is 0 Å². The maximum atomic E-state index is 6.45. The summed E-state index contributed by atoms with van der Waals surface area (Å²) in [4.78, 5) is 7.98. The molecule has 0 fully saturated rings. The zero-order chi connectivity index (χ0) is 19.8. The summed E-state index contributed by atoms with van der Waals surface area (Å²) in [5.74, 6) is 1.43. The molecule has 0 unspecified atom stereocenters. The molecule has 0 amide bonds. The zero-order valence-corrected chi connectivity index (χ0v) is 16.9. The number of nitrogens with two attached hydrogens (primary N) is 1. The number of hydrogen-bond acceptors (Lipinski definition) is 4.